The van der Waals surface area contributed by atoms with Gasteiger partial charge in [-0.3, -0.25) is 9.78 Å². The molecule has 0 bridgehead atoms. The largest absolute Gasteiger partial charge is 0.490 e. The van der Waals surface area contributed by atoms with Gasteiger partial charge in [0.2, 0.25) is 5.89 Å². The Hall–Kier alpha value is -3.19. The van der Waals surface area contributed by atoms with Crippen LogP contribution < -0.4 is 10.1 Å². The molecule has 152 valence electrons. The van der Waals surface area contributed by atoms with E-state index in [0.717, 1.165) is 12.1 Å². The molecule has 1 saturated heterocycles. The molecule has 0 radical (unpaired) electrons. The fourth-order valence-corrected chi connectivity index (χ4v) is 3.02. The van der Waals surface area contributed by atoms with Gasteiger partial charge in [0.1, 0.15) is 18.6 Å². The number of carbonyl (C=O) groups is 1. The Morgan fingerprint density at radius 1 is 1.41 bits per heavy atom. The monoisotopic (exact) mass is 394 g/mol. The summed E-state index contributed by atoms with van der Waals surface area (Å²) in [6.07, 6.45) is 14.3. The molecule has 1 fully saturated rings. The van der Waals surface area contributed by atoms with Gasteiger partial charge in [-0.15, -0.1) is 0 Å². The van der Waals surface area contributed by atoms with Crippen molar-refractivity contribution in [3.8, 4) is 5.75 Å². The molecule has 1 atom stereocenters. The highest BCUT2D eigenvalue weighted by Crippen LogP contribution is 2.18. The average molecular weight is 394 g/mol. The molecule has 7 nitrogen and oxygen atoms in total. The summed E-state index contributed by atoms with van der Waals surface area (Å²) < 4.78 is 11.4. The number of rotatable bonds is 7. The van der Waals surface area contributed by atoms with Crippen LogP contribution in [0.15, 0.2) is 65.6 Å². The van der Waals surface area contributed by atoms with Crippen LogP contribution in [-0.2, 0) is 0 Å². The van der Waals surface area contributed by atoms with Crippen LogP contribution in [-0.4, -0.2) is 53.1 Å². The van der Waals surface area contributed by atoms with Crippen LogP contribution in [0.3, 0.4) is 0 Å². The van der Waals surface area contributed by atoms with Crippen LogP contribution in [0, 0.1) is 0 Å². The van der Waals surface area contributed by atoms with Crippen LogP contribution in [0.5, 0.6) is 5.75 Å². The molecular formula is C22H26N4O3. The Morgan fingerprint density at radius 2 is 2.31 bits per heavy atom. The number of nitrogens with one attached hydrogen (secondary N) is 1. The number of ether oxygens (including phenoxy) is 1. The number of nitrogens with zero attached hydrogens (tertiary/aromatic N) is 3. The van der Waals surface area contributed by atoms with E-state index in [1.807, 2.05) is 56.4 Å². The van der Waals surface area contributed by atoms with E-state index in [0.29, 0.717) is 37.0 Å². The zero-order chi connectivity index (χ0) is 20.5. The van der Waals surface area contributed by atoms with E-state index >= 15 is 0 Å². The van der Waals surface area contributed by atoms with Crippen LogP contribution >= 0.6 is 0 Å². The maximum Gasteiger partial charge on any atom is 0.276 e. The molecule has 29 heavy (non-hydrogen) atoms. The first kappa shape index (κ1) is 20.5. The number of allylic oxidation sites excluding steroid dienone is 6. The lowest BCUT2D eigenvalue weighted by atomic mass is 10.2. The highest BCUT2D eigenvalue weighted by atomic mass is 16.5. The molecule has 1 unspecified atom stereocenters. The lowest BCUT2D eigenvalue weighted by Crippen LogP contribution is -2.56. The van der Waals surface area contributed by atoms with Gasteiger partial charge in [0.25, 0.3) is 5.91 Å². The molecule has 3 heterocycles. The number of pyridine rings is 1. The number of piperazine rings is 1. The fourth-order valence-electron chi connectivity index (χ4n) is 3.02. The Kier molecular flexibility index (Phi) is 7.35. The second kappa shape index (κ2) is 10.4. The van der Waals surface area contributed by atoms with E-state index in [9.17, 15) is 4.79 Å². The minimum atomic E-state index is -0.158. The van der Waals surface area contributed by atoms with Gasteiger partial charge in [-0.05, 0) is 32.1 Å². The third-order valence-corrected chi connectivity index (χ3v) is 4.55. The Morgan fingerprint density at radius 3 is 3.07 bits per heavy atom. The van der Waals surface area contributed by atoms with Crippen molar-refractivity contribution >= 4 is 11.5 Å². The first-order chi connectivity index (χ1) is 14.2. The standard InChI is InChI=1S/C22H26N4O3/c1-3-5-6-8-17(4-2)21-25-20(16-29-21)22(27)26-12-11-24-13-18(26)15-28-19-9-7-10-23-14-19/h3-10,14,16,18,24H,11-13,15H2,1-2H3/b5-3-,8-6-,17-4+. The van der Waals surface area contributed by atoms with Crippen LogP contribution in [0.25, 0.3) is 5.57 Å². The lowest BCUT2D eigenvalue weighted by Gasteiger charge is -2.35. The Balaban J connectivity index is 1.69. The Labute approximate surface area is 170 Å². The predicted octanol–water partition coefficient (Wildman–Crippen LogP) is 3.10. The second-order valence-corrected chi connectivity index (χ2v) is 6.52. The molecule has 1 aliphatic rings. The van der Waals surface area contributed by atoms with Crippen molar-refractivity contribution in [2.45, 2.75) is 19.9 Å². The van der Waals surface area contributed by atoms with Crippen LogP contribution in [0.1, 0.15) is 30.2 Å². The number of oxazole rings is 1. The van der Waals surface area contributed by atoms with E-state index in [1.165, 1.54) is 6.26 Å². The van der Waals surface area contributed by atoms with Crippen molar-refractivity contribution < 1.29 is 13.9 Å². The number of carbonyl (C=O) groups excluding carboxylic acids is 1. The van der Waals surface area contributed by atoms with Gasteiger partial charge in [0.15, 0.2) is 5.69 Å². The predicted molar refractivity (Wildman–Crippen MR) is 112 cm³/mol. The molecule has 2 aromatic heterocycles. The molecule has 1 amide bonds. The molecule has 1 aliphatic heterocycles. The molecule has 0 aromatic carbocycles. The van der Waals surface area contributed by atoms with Gasteiger partial charge in [-0.25, -0.2) is 4.98 Å². The highest BCUT2D eigenvalue weighted by molar-refractivity contribution is 5.92. The van der Waals surface area contributed by atoms with Crippen molar-refractivity contribution in [2.24, 2.45) is 0 Å². The summed E-state index contributed by atoms with van der Waals surface area (Å²) in [5, 5.41) is 3.31. The zero-order valence-corrected chi connectivity index (χ0v) is 16.7. The van der Waals surface area contributed by atoms with E-state index in [4.69, 9.17) is 9.15 Å². The van der Waals surface area contributed by atoms with Crippen molar-refractivity contribution in [3.05, 3.63) is 72.8 Å². The summed E-state index contributed by atoms with van der Waals surface area (Å²) >= 11 is 0. The van der Waals surface area contributed by atoms with Gasteiger partial charge >= 0.3 is 0 Å². The second-order valence-electron chi connectivity index (χ2n) is 6.52. The van der Waals surface area contributed by atoms with E-state index in [1.54, 1.807) is 17.3 Å². The summed E-state index contributed by atoms with van der Waals surface area (Å²) in [4.78, 5) is 23.3. The summed E-state index contributed by atoms with van der Waals surface area (Å²) in [7, 11) is 0. The lowest BCUT2D eigenvalue weighted by molar-refractivity contribution is 0.0553. The molecule has 0 saturated carbocycles. The Bertz CT molecular complexity index is 886. The summed E-state index contributed by atoms with van der Waals surface area (Å²) in [5.41, 5.74) is 1.12. The molecule has 0 spiro atoms. The van der Waals surface area contributed by atoms with Crippen LogP contribution in [0.2, 0.25) is 0 Å². The maximum absolute atomic E-state index is 13.1. The van der Waals surface area contributed by atoms with E-state index in [2.05, 4.69) is 15.3 Å². The third kappa shape index (κ3) is 5.42. The molecule has 2 aromatic rings. The van der Waals surface area contributed by atoms with Gasteiger partial charge in [0, 0.05) is 31.4 Å². The topological polar surface area (TPSA) is 80.5 Å². The van der Waals surface area contributed by atoms with Crippen molar-refractivity contribution in [2.75, 3.05) is 26.2 Å². The first-order valence-corrected chi connectivity index (χ1v) is 9.69. The normalized spacial score (nSPS) is 17.9. The highest BCUT2D eigenvalue weighted by Gasteiger charge is 2.30. The van der Waals surface area contributed by atoms with Gasteiger partial charge in [-0.2, -0.15) is 0 Å². The minimum Gasteiger partial charge on any atom is -0.490 e. The van der Waals surface area contributed by atoms with Gasteiger partial charge in [-0.1, -0.05) is 24.3 Å². The van der Waals surface area contributed by atoms with Gasteiger partial charge in [0.05, 0.1) is 12.2 Å². The quantitative estimate of drug-likeness (QED) is 0.727. The molecule has 7 heteroatoms. The molecular weight excluding hydrogens is 368 g/mol. The van der Waals surface area contributed by atoms with E-state index in [-0.39, 0.29) is 11.9 Å². The van der Waals surface area contributed by atoms with Crippen molar-refractivity contribution in [1.29, 1.82) is 0 Å². The SMILES string of the molecule is C\C=C/C=C\C(=C/C)c1nc(C(=O)N2CCNCC2COc2cccnc2)co1. The van der Waals surface area contributed by atoms with Crippen molar-refractivity contribution in [1.82, 2.24) is 20.2 Å². The fraction of sp³-hybridized carbons (Fsp3) is 0.318. The minimum absolute atomic E-state index is 0.104. The third-order valence-electron chi connectivity index (χ3n) is 4.55. The number of hydrogen-bond acceptors (Lipinski definition) is 6. The number of hydrogen-bond donors (Lipinski definition) is 1. The summed E-state index contributed by atoms with van der Waals surface area (Å²) in [6.45, 7) is 6.20. The van der Waals surface area contributed by atoms with E-state index < -0.39 is 0 Å². The number of aromatic nitrogens is 2. The number of amides is 1. The smallest absolute Gasteiger partial charge is 0.276 e. The zero-order valence-electron chi connectivity index (χ0n) is 16.7. The molecule has 0 aliphatic carbocycles. The summed E-state index contributed by atoms with van der Waals surface area (Å²) in [6, 6.07) is 3.56. The first-order valence-electron chi connectivity index (χ1n) is 9.69. The summed E-state index contributed by atoms with van der Waals surface area (Å²) in [5.74, 6) is 0.948. The van der Waals surface area contributed by atoms with Crippen molar-refractivity contribution in [3.63, 3.8) is 0 Å². The van der Waals surface area contributed by atoms with Gasteiger partial charge < -0.3 is 19.4 Å². The molecule has 1 N–H and O–H groups in total. The van der Waals surface area contributed by atoms with Crippen LogP contribution in [0.4, 0.5) is 0 Å². The average Bonchev–Trinajstić information content (AvgIpc) is 3.26. The molecule has 3 rings (SSSR count). The maximum atomic E-state index is 13.1.